The van der Waals surface area contributed by atoms with Crippen LogP contribution in [-0.2, 0) is 11.3 Å². The van der Waals surface area contributed by atoms with Crippen molar-refractivity contribution in [1.82, 2.24) is 9.80 Å². The van der Waals surface area contributed by atoms with Gasteiger partial charge in [-0.2, -0.15) is 0 Å². The Labute approximate surface area is 162 Å². The minimum absolute atomic E-state index is 0.0562. The molecule has 0 aromatic heterocycles. The summed E-state index contributed by atoms with van der Waals surface area (Å²) in [6.45, 7) is 3.50. The summed E-state index contributed by atoms with van der Waals surface area (Å²) < 4.78 is 18.5. The number of rotatable bonds is 5. The Balaban J connectivity index is 1.45. The average Bonchev–Trinajstić information content (AvgIpc) is 2.63. The van der Waals surface area contributed by atoms with Gasteiger partial charge in [0.15, 0.2) is 6.61 Å². The van der Waals surface area contributed by atoms with E-state index in [9.17, 15) is 9.18 Å². The van der Waals surface area contributed by atoms with Crippen LogP contribution in [0.25, 0.3) is 0 Å². The molecule has 0 spiro atoms. The van der Waals surface area contributed by atoms with Crippen LogP contribution in [0.15, 0.2) is 42.5 Å². The van der Waals surface area contributed by atoms with Gasteiger partial charge in [0, 0.05) is 37.7 Å². The zero-order valence-electron chi connectivity index (χ0n) is 14.1. The molecular formula is C19H19Cl2FN2O2. The predicted molar refractivity (Wildman–Crippen MR) is 100 cm³/mol. The van der Waals surface area contributed by atoms with Crippen molar-refractivity contribution in [2.75, 3.05) is 32.8 Å². The Hall–Kier alpha value is -1.82. The maximum atomic E-state index is 13.0. The van der Waals surface area contributed by atoms with E-state index in [4.69, 9.17) is 27.9 Å². The molecule has 1 aliphatic heterocycles. The highest BCUT2D eigenvalue weighted by Crippen LogP contribution is 2.27. The number of benzene rings is 2. The molecule has 7 heteroatoms. The molecule has 0 aliphatic carbocycles. The summed E-state index contributed by atoms with van der Waals surface area (Å²) >= 11 is 11.9. The third-order valence-corrected chi connectivity index (χ3v) is 4.82. The van der Waals surface area contributed by atoms with Crippen molar-refractivity contribution in [3.05, 3.63) is 63.9 Å². The van der Waals surface area contributed by atoms with Crippen LogP contribution in [-0.4, -0.2) is 48.5 Å². The summed E-state index contributed by atoms with van der Waals surface area (Å²) in [6.07, 6.45) is 0. The normalized spacial score (nSPS) is 15.1. The van der Waals surface area contributed by atoms with Gasteiger partial charge >= 0.3 is 0 Å². The van der Waals surface area contributed by atoms with E-state index >= 15 is 0 Å². The van der Waals surface area contributed by atoms with Gasteiger partial charge in [-0.15, -0.1) is 0 Å². The molecule has 2 aromatic carbocycles. The van der Waals surface area contributed by atoms with E-state index in [-0.39, 0.29) is 18.3 Å². The van der Waals surface area contributed by atoms with Crippen LogP contribution in [0, 0.1) is 5.82 Å². The van der Waals surface area contributed by atoms with Crippen LogP contribution in [0.1, 0.15) is 5.56 Å². The molecular weight excluding hydrogens is 378 g/mol. The van der Waals surface area contributed by atoms with E-state index < -0.39 is 0 Å². The minimum Gasteiger partial charge on any atom is -0.482 e. The van der Waals surface area contributed by atoms with Crippen molar-refractivity contribution in [2.24, 2.45) is 0 Å². The smallest absolute Gasteiger partial charge is 0.260 e. The fourth-order valence-corrected chi connectivity index (χ4v) is 3.29. The fraction of sp³-hybridized carbons (Fsp3) is 0.316. The number of ether oxygens (including phenoxy) is 1. The number of carbonyl (C=O) groups is 1. The Morgan fingerprint density at radius 2 is 1.73 bits per heavy atom. The van der Waals surface area contributed by atoms with Crippen molar-refractivity contribution >= 4 is 29.1 Å². The number of amides is 1. The van der Waals surface area contributed by atoms with E-state index in [0.717, 1.165) is 25.2 Å². The molecule has 1 fully saturated rings. The van der Waals surface area contributed by atoms with Gasteiger partial charge in [-0.3, -0.25) is 9.69 Å². The van der Waals surface area contributed by atoms with Crippen LogP contribution >= 0.6 is 23.2 Å². The van der Waals surface area contributed by atoms with Gasteiger partial charge in [0.05, 0.1) is 5.02 Å². The van der Waals surface area contributed by atoms with Gasteiger partial charge in [-0.1, -0.05) is 35.3 Å². The van der Waals surface area contributed by atoms with Crippen molar-refractivity contribution < 1.29 is 13.9 Å². The molecule has 4 nitrogen and oxygen atoms in total. The zero-order chi connectivity index (χ0) is 18.5. The van der Waals surface area contributed by atoms with Crippen molar-refractivity contribution in [1.29, 1.82) is 0 Å². The predicted octanol–water partition coefficient (Wildman–Crippen LogP) is 3.86. The lowest BCUT2D eigenvalue weighted by Gasteiger charge is -2.34. The third kappa shape index (κ3) is 5.10. The van der Waals surface area contributed by atoms with Gasteiger partial charge in [-0.05, 0) is 35.9 Å². The fourth-order valence-electron chi connectivity index (χ4n) is 2.83. The Kier molecular flexibility index (Phi) is 6.35. The van der Waals surface area contributed by atoms with E-state index in [1.54, 1.807) is 35.2 Å². The quantitative estimate of drug-likeness (QED) is 0.769. The molecule has 0 atom stereocenters. The van der Waals surface area contributed by atoms with Gasteiger partial charge in [0.1, 0.15) is 11.6 Å². The van der Waals surface area contributed by atoms with Gasteiger partial charge in [-0.25, -0.2) is 4.39 Å². The number of halogens is 3. The topological polar surface area (TPSA) is 32.8 Å². The van der Waals surface area contributed by atoms with Crippen LogP contribution in [0.5, 0.6) is 5.75 Å². The number of hydrogen-bond donors (Lipinski definition) is 0. The molecule has 1 saturated heterocycles. The van der Waals surface area contributed by atoms with E-state index in [1.165, 1.54) is 12.1 Å². The maximum Gasteiger partial charge on any atom is 0.260 e. The maximum absolute atomic E-state index is 13.0. The summed E-state index contributed by atoms with van der Waals surface area (Å²) in [5.74, 6) is 0.141. The number of nitrogens with zero attached hydrogens (tertiary/aromatic N) is 2. The van der Waals surface area contributed by atoms with E-state index in [2.05, 4.69) is 4.90 Å². The lowest BCUT2D eigenvalue weighted by Crippen LogP contribution is -2.49. The van der Waals surface area contributed by atoms with Crippen molar-refractivity contribution in [2.45, 2.75) is 6.54 Å². The highest BCUT2D eigenvalue weighted by atomic mass is 35.5. The molecule has 1 amide bonds. The molecule has 1 heterocycles. The first kappa shape index (κ1) is 19.0. The van der Waals surface area contributed by atoms with Gasteiger partial charge in [0.25, 0.3) is 5.91 Å². The molecule has 0 unspecified atom stereocenters. The summed E-state index contributed by atoms with van der Waals surface area (Å²) in [5.41, 5.74) is 1.06. The third-order valence-electron chi connectivity index (χ3n) is 4.29. The second-order valence-electron chi connectivity index (χ2n) is 6.15. The minimum atomic E-state index is -0.232. The van der Waals surface area contributed by atoms with E-state index in [1.807, 2.05) is 0 Å². The molecule has 0 radical (unpaired) electrons. The summed E-state index contributed by atoms with van der Waals surface area (Å²) in [4.78, 5) is 16.4. The molecule has 26 heavy (non-hydrogen) atoms. The first-order valence-corrected chi connectivity index (χ1v) is 9.09. The molecule has 2 aromatic rings. The van der Waals surface area contributed by atoms with Crippen LogP contribution in [0.2, 0.25) is 10.0 Å². The highest BCUT2D eigenvalue weighted by Gasteiger charge is 2.21. The summed E-state index contributed by atoms with van der Waals surface area (Å²) in [6, 6.07) is 11.4. The first-order chi connectivity index (χ1) is 12.5. The van der Waals surface area contributed by atoms with Crippen LogP contribution < -0.4 is 4.74 Å². The molecule has 138 valence electrons. The monoisotopic (exact) mass is 396 g/mol. The van der Waals surface area contributed by atoms with E-state index in [0.29, 0.717) is 28.9 Å². The SMILES string of the molecule is O=C(COc1ccc(Cl)cc1Cl)N1CCN(Cc2ccc(F)cc2)CC1. The lowest BCUT2D eigenvalue weighted by molar-refractivity contribution is -0.135. The van der Waals surface area contributed by atoms with Crippen LogP contribution in [0.4, 0.5) is 4.39 Å². The second-order valence-corrected chi connectivity index (χ2v) is 6.99. The average molecular weight is 397 g/mol. The standard InChI is InChI=1S/C19H19Cl2FN2O2/c20-15-3-6-18(17(21)11-15)26-13-19(25)24-9-7-23(8-10-24)12-14-1-4-16(22)5-2-14/h1-6,11H,7-10,12-13H2. The van der Waals surface area contributed by atoms with Crippen molar-refractivity contribution in [3.8, 4) is 5.75 Å². The number of piperazine rings is 1. The Morgan fingerprint density at radius 1 is 1.04 bits per heavy atom. The molecule has 1 aliphatic rings. The summed E-state index contributed by atoms with van der Waals surface area (Å²) in [5, 5.41) is 0.903. The number of carbonyl (C=O) groups excluding carboxylic acids is 1. The van der Waals surface area contributed by atoms with Gasteiger partial charge in [0.2, 0.25) is 0 Å². The largest absolute Gasteiger partial charge is 0.482 e. The molecule has 0 N–H and O–H groups in total. The zero-order valence-corrected chi connectivity index (χ0v) is 15.6. The van der Waals surface area contributed by atoms with Crippen LogP contribution in [0.3, 0.4) is 0 Å². The lowest BCUT2D eigenvalue weighted by atomic mass is 10.2. The van der Waals surface area contributed by atoms with Gasteiger partial charge < -0.3 is 9.64 Å². The second kappa shape index (κ2) is 8.71. The number of hydrogen-bond acceptors (Lipinski definition) is 3. The Bertz CT molecular complexity index is 763. The Morgan fingerprint density at radius 3 is 2.38 bits per heavy atom. The molecule has 0 saturated carbocycles. The van der Waals surface area contributed by atoms with Crippen molar-refractivity contribution in [3.63, 3.8) is 0 Å². The first-order valence-electron chi connectivity index (χ1n) is 8.34. The molecule has 0 bridgehead atoms. The highest BCUT2D eigenvalue weighted by molar-refractivity contribution is 6.35. The molecule has 3 rings (SSSR count). The summed E-state index contributed by atoms with van der Waals surface area (Å²) in [7, 11) is 0.